The molecule has 4 N–H and O–H groups in total. The molecule has 0 spiro atoms. The summed E-state index contributed by atoms with van der Waals surface area (Å²) in [6, 6.07) is 0. The van der Waals surface area contributed by atoms with Crippen molar-refractivity contribution in [1.29, 1.82) is 0 Å². The van der Waals surface area contributed by atoms with Gasteiger partial charge in [-0.2, -0.15) is 13.1 Å². The lowest BCUT2D eigenvalue weighted by Crippen LogP contribution is -2.48. The molecule has 0 aliphatic rings. The summed E-state index contributed by atoms with van der Waals surface area (Å²) >= 11 is 0. The highest BCUT2D eigenvalue weighted by Gasteiger charge is 2.23. The summed E-state index contributed by atoms with van der Waals surface area (Å²) in [6.45, 7) is 0.178. The first-order valence-electron chi connectivity index (χ1n) is 3.91. The van der Waals surface area contributed by atoms with E-state index in [4.69, 9.17) is 5.11 Å². The van der Waals surface area contributed by atoms with Gasteiger partial charge in [-0.1, -0.05) is 0 Å². The Morgan fingerprint density at radius 1 is 1.53 bits per heavy atom. The first-order chi connectivity index (χ1) is 6.72. The van der Waals surface area contributed by atoms with Crippen LogP contribution in [0.2, 0.25) is 0 Å². The Morgan fingerprint density at radius 2 is 2.07 bits per heavy atom. The molecular weight excluding hydrogens is 228 g/mol. The number of ether oxygens (including phenoxy) is 1. The Balaban J connectivity index is 4.23. The predicted octanol–water partition coefficient (Wildman–Crippen LogP) is -2.08. The molecule has 0 aromatic heterocycles. The van der Waals surface area contributed by atoms with E-state index in [-0.39, 0.29) is 0 Å². The molecule has 0 fully saturated rings. The van der Waals surface area contributed by atoms with Gasteiger partial charge in [0, 0.05) is 6.54 Å². The summed E-state index contributed by atoms with van der Waals surface area (Å²) in [4.78, 5) is 10.6. The molecule has 0 heterocycles. The van der Waals surface area contributed by atoms with Crippen LogP contribution in [0, 0.1) is 0 Å². The van der Waals surface area contributed by atoms with E-state index in [0.717, 1.165) is 7.11 Å². The van der Waals surface area contributed by atoms with Crippen molar-refractivity contribution < 1.29 is 28.2 Å². The van der Waals surface area contributed by atoms with Crippen LogP contribution in [0.5, 0.6) is 0 Å². The van der Waals surface area contributed by atoms with Crippen LogP contribution in [-0.2, 0) is 14.9 Å². The molecule has 1 unspecified atom stereocenters. The standard InChI is InChI=1S/C6H14N2O6S/c1-6(11,4-9)3-7-15(12,13)8-5(10)14-2/h7,9,11H,3-4H2,1-2H3,(H,8,10). The molecule has 15 heavy (non-hydrogen) atoms. The number of aliphatic hydroxyl groups is 2. The van der Waals surface area contributed by atoms with Crippen LogP contribution in [0.1, 0.15) is 6.92 Å². The second-order valence-electron chi connectivity index (χ2n) is 3.07. The molecule has 0 rings (SSSR count). The van der Waals surface area contributed by atoms with Gasteiger partial charge in [0.25, 0.3) is 0 Å². The first kappa shape index (κ1) is 14.1. The molecule has 0 saturated heterocycles. The monoisotopic (exact) mass is 242 g/mol. The summed E-state index contributed by atoms with van der Waals surface area (Å²) in [6.07, 6.45) is -1.15. The zero-order chi connectivity index (χ0) is 12.1. The molecule has 8 nitrogen and oxygen atoms in total. The van der Waals surface area contributed by atoms with Crippen LogP contribution in [0.4, 0.5) is 4.79 Å². The van der Waals surface area contributed by atoms with Crippen molar-refractivity contribution in [1.82, 2.24) is 9.44 Å². The average molecular weight is 242 g/mol. The highest BCUT2D eigenvalue weighted by molar-refractivity contribution is 7.88. The minimum atomic E-state index is -4.08. The number of hydrogen-bond donors (Lipinski definition) is 4. The van der Waals surface area contributed by atoms with Crippen LogP contribution >= 0.6 is 0 Å². The SMILES string of the molecule is COC(=O)NS(=O)(=O)NCC(C)(O)CO. The predicted molar refractivity (Wildman–Crippen MR) is 50.2 cm³/mol. The molecule has 0 aromatic rings. The van der Waals surface area contributed by atoms with Gasteiger partial charge in [-0.25, -0.2) is 9.52 Å². The van der Waals surface area contributed by atoms with Crippen molar-refractivity contribution in [2.45, 2.75) is 12.5 Å². The van der Waals surface area contributed by atoms with Gasteiger partial charge in [-0.3, -0.25) is 0 Å². The molecule has 1 atom stereocenters. The van der Waals surface area contributed by atoms with Gasteiger partial charge in [0.05, 0.1) is 19.3 Å². The van der Waals surface area contributed by atoms with Crippen LogP contribution in [-0.4, -0.2) is 50.6 Å². The summed E-state index contributed by atoms with van der Waals surface area (Å²) in [5.74, 6) is 0. The topological polar surface area (TPSA) is 125 Å². The molecular formula is C6H14N2O6S. The van der Waals surface area contributed by atoms with Gasteiger partial charge in [0.2, 0.25) is 0 Å². The average Bonchev–Trinajstić information content (AvgIpc) is 2.14. The Morgan fingerprint density at radius 3 is 2.47 bits per heavy atom. The van der Waals surface area contributed by atoms with Crippen molar-refractivity contribution >= 4 is 16.3 Å². The lowest BCUT2D eigenvalue weighted by molar-refractivity contribution is 0.00675. The van der Waals surface area contributed by atoms with Crippen LogP contribution in [0.15, 0.2) is 0 Å². The van der Waals surface area contributed by atoms with Crippen LogP contribution in [0.3, 0.4) is 0 Å². The normalized spacial score (nSPS) is 15.5. The van der Waals surface area contributed by atoms with Crippen molar-refractivity contribution in [2.75, 3.05) is 20.3 Å². The van der Waals surface area contributed by atoms with E-state index >= 15 is 0 Å². The second-order valence-corrected chi connectivity index (χ2v) is 4.57. The molecule has 0 aromatic carbocycles. The molecule has 1 amide bonds. The summed E-state index contributed by atoms with van der Waals surface area (Å²) in [7, 11) is -3.07. The smallest absolute Gasteiger partial charge is 0.421 e. The Bertz CT molecular complexity index is 312. The van der Waals surface area contributed by atoms with Gasteiger partial charge in [-0.05, 0) is 6.92 Å². The lowest BCUT2D eigenvalue weighted by Gasteiger charge is -2.20. The molecule has 0 saturated carbocycles. The fourth-order valence-corrected chi connectivity index (χ4v) is 1.37. The molecule has 9 heteroatoms. The summed E-state index contributed by atoms with van der Waals surface area (Å²) in [5, 5.41) is 17.9. The maximum Gasteiger partial charge on any atom is 0.421 e. The Labute approximate surface area is 87.4 Å². The third-order valence-electron chi connectivity index (χ3n) is 1.39. The van der Waals surface area contributed by atoms with Crippen molar-refractivity contribution in [3.05, 3.63) is 0 Å². The quantitative estimate of drug-likeness (QED) is 0.438. The minimum Gasteiger partial charge on any atom is -0.452 e. The summed E-state index contributed by atoms with van der Waals surface area (Å²) < 4.78 is 29.5. The fourth-order valence-electron chi connectivity index (χ4n) is 0.494. The van der Waals surface area contributed by atoms with Gasteiger partial charge in [-0.15, -0.1) is 0 Å². The number of rotatable bonds is 5. The zero-order valence-electron chi connectivity index (χ0n) is 8.35. The van der Waals surface area contributed by atoms with E-state index in [2.05, 4.69) is 4.74 Å². The number of nitrogens with one attached hydrogen (secondary N) is 2. The Kier molecular flexibility index (Phi) is 4.94. The fraction of sp³-hybridized carbons (Fsp3) is 0.833. The third-order valence-corrected chi connectivity index (χ3v) is 2.35. The highest BCUT2D eigenvalue weighted by atomic mass is 32.2. The molecule has 0 bridgehead atoms. The number of carbonyl (C=O) groups excluding carboxylic acids is 1. The number of amides is 1. The third kappa shape index (κ3) is 6.23. The number of hydrogen-bond acceptors (Lipinski definition) is 6. The van der Waals surface area contributed by atoms with E-state index in [1.165, 1.54) is 11.6 Å². The Hall–Kier alpha value is -0.900. The van der Waals surface area contributed by atoms with Crippen molar-refractivity contribution in [3.63, 3.8) is 0 Å². The van der Waals surface area contributed by atoms with E-state index in [1.807, 2.05) is 4.72 Å². The zero-order valence-corrected chi connectivity index (χ0v) is 9.17. The lowest BCUT2D eigenvalue weighted by atomic mass is 10.1. The second kappa shape index (κ2) is 5.26. The minimum absolute atomic E-state index is 0.435. The molecule has 0 radical (unpaired) electrons. The number of aliphatic hydroxyl groups excluding tert-OH is 1. The molecule has 90 valence electrons. The van der Waals surface area contributed by atoms with E-state index in [0.29, 0.717) is 0 Å². The number of carbonyl (C=O) groups is 1. The first-order valence-corrected chi connectivity index (χ1v) is 5.39. The van der Waals surface area contributed by atoms with Crippen LogP contribution < -0.4 is 9.44 Å². The summed E-state index contributed by atoms with van der Waals surface area (Å²) in [5.41, 5.74) is -1.59. The van der Waals surface area contributed by atoms with E-state index in [9.17, 15) is 18.3 Å². The highest BCUT2D eigenvalue weighted by Crippen LogP contribution is 1.99. The van der Waals surface area contributed by atoms with E-state index in [1.54, 1.807) is 0 Å². The number of methoxy groups -OCH3 is 1. The van der Waals surface area contributed by atoms with Crippen molar-refractivity contribution in [3.8, 4) is 0 Å². The maximum atomic E-state index is 11.0. The van der Waals surface area contributed by atoms with Crippen molar-refractivity contribution in [2.24, 2.45) is 0 Å². The van der Waals surface area contributed by atoms with E-state index < -0.39 is 35.1 Å². The van der Waals surface area contributed by atoms with Gasteiger partial charge in [0.1, 0.15) is 0 Å². The van der Waals surface area contributed by atoms with Crippen LogP contribution in [0.25, 0.3) is 0 Å². The largest absolute Gasteiger partial charge is 0.452 e. The molecule has 0 aliphatic heterocycles. The van der Waals surface area contributed by atoms with Gasteiger partial charge in [0.15, 0.2) is 0 Å². The molecule has 0 aliphatic carbocycles. The van der Waals surface area contributed by atoms with Gasteiger partial charge >= 0.3 is 16.3 Å². The maximum absolute atomic E-state index is 11.0. The van der Waals surface area contributed by atoms with Gasteiger partial charge < -0.3 is 14.9 Å².